The quantitative estimate of drug-likeness (QED) is 0.762. The van der Waals surface area contributed by atoms with Gasteiger partial charge in [-0.25, -0.2) is 0 Å². The van der Waals surface area contributed by atoms with Crippen LogP contribution in [0.2, 0.25) is 0 Å². The van der Waals surface area contributed by atoms with Crippen LogP contribution in [-0.2, 0) is 4.74 Å². The number of rotatable bonds is 2. The normalized spacial score (nSPS) is 44.2. The van der Waals surface area contributed by atoms with E-state index in [4.69, 9.17) is 4.74 Å². The minimum absolute atomic E-state index is 0.113. The van der Waals surface area contributed by atoms with Crippen molar-refractivity contribution in [2.75, 3.05) is 13.2 Å². The Bertz CT molecular complexity index is 189. The van der Waals surface area contributed by atoms with Crippen molar-refractivity contribution in [1.82, 2.24) is 0 Å². The Morgan fingerprint density at radius 3 is 2.27 bits per heavy atom. The molecule has 2 rings (SSSR count). The Morgan fingerprint density at radius 1 is 1.07 bits per heavy atom. The van der Waals surface area contributed by atoms with E-state index in [1.807, 2.05) is 0 Å². The van der Waals surface area contributed by atoms with Gasteiger partial charge in [0.15, 0.2) is 0 Å². The summed E-state index contributed by atoms with van der Waals surface area (Å²) < 4.78 is 5.36. The fraction of sp³-hybridized carbons (Fsp3) is 1.00. The van der Waals surface area contributed by atoms with Crippen LogP contribution >= 0.6 is 0 Å². The van der Waals surface area contributed by atoms with Gasteiger partial charge in [-0.2, -0.15) is 0 Å². The summed E-state index contributed by atoms with van der Waals surface area (Å²) in [5.41, 5.74) is 0. The van der Waals surface area contributed by atoms with Crippen LogP contribution in [0.4, 0.5) is 0 Å². The molecule has 2 fully saturated rings. The van der Waals surface area contributed by atoms with Gasteiger partial charge in [0.05, 0.1) is 12.7 Å². The van der Waals surface area contributed by atoms with Crippen LogP contribution in [0.25, 0.3) is 0 Å². The predicted molar refractivity (Wildman–Crippen MR) is 60.6 cm³/mol. The van der Waals surface area contributed by atoms with E-state index in [2.05, 4.69) is 13.8 Å². The Labute approximate surface area is 93.0 Å². The number of hydrogen-bond donors (Lipinski definition) is 1. The average molecular weight is 212 g/mol. The molecule has 4 unspecified atom stereocenters. The molecule has 88 valence electrons. The molecule has 0 amide bonds. The van der Waals surface area contributed by atoms with Gasteiger partial charge < -0.3 is 9.84 Å². The number of aliphatic hydroxyl groups is 1. The molecule has 0 bridgehead atoms. The Hall–Kier alpha value is -0.0800. The third-order valence-corrected chi connectivity index (χ3v) is 4.15. The van der Waals surface area contributed by atoms with Crippen LogP contribution < -0.4 is 0 Å². The number of aliphatic hydroxyl groups excluding tert-OH is 1. The van der Waals surface area contributed by atoms with Gasteiger partial charge in [0, 0.05) is 12.5 Å². The molecule has 1 heterocycles. The van der Waals surface area contributed by atoms with Gasteiger partial charge >= 0.3 is 0 Å². The van der Waals surface area contributed by atoms with Gasteiger partial charge in [-0.05, 0) is 43.4 Å². The minimum Gasteiger partial charge on any atom is -0.392 e. The van der Waals surface area contributed by atoms with E-state index < -0.39 is 0 Å². The first-order valence-corrected chi connectivity index (χ1v) is 6.42. The summed E-state index contributed by atoms with van der Waals surface area (Å²) in [4.78, 5) is 0. The van der Waals surface area contributed by atoms with Crippen molar-refractivity contribution >= 4 is 0 Å². The molecule has 2 aliphatic rings. The maximum atomic E-state index is 10.3. The molecular weight excluding hydrogens is 188 g/mol. The van der Waals surface area contributed by atoms with Crippen molar-refractivity contribution in [3.05, 3.63) is 0 Å². The van der Waals surface area contributed by atoms with Crippen molar-refractivity contribution < 1.29 is 9.84 Å². The molecule has 0 aromatic rings. The fourth-order valence-electron chi connectivity index (χ4n) is 3.50. The van der Waals surface area contributed by atoms with Crippen molar-refractivity contribution in [1.29, 1.82) is 0 Å². The molecule has 0 radical (unpaired) electrons. The molecule has 0 spiro atoms. The summed E-state index contributed by atoms with van der Waals surface area (Å²) in [5, 5.41) is 10.3. The van der Waals surface area contributed by atoms with E-state index in [9.17, 15) is 5.11 Å². The van der Waals surface area contributed by atoms with Crippen LogP contribution in [0.3, 0.4) is 0 Å². The largest absolute Gasteiger partial charge is 0.392 e. The first kappa shape index (κ1) is 11.4. The molecule has 4 atom stereocenters. The molecule has 2 heteroatoms. The second kappa shape index (κ2) is 4.84. The zero-order chi connectivity index (χ0) is 10.8. The van der Waals surface area contributed by atoms with Crippen LogP contribution in [0, 0.1) is 23.7 Å². The molecule has 0 aromatic heterocycles. The highest BCUT2D eigenvalue weighted by Crippen LogP contribution is 2.37. The van der Waals surface area contributed by atoms with Gasteiger partial charge in [0.25, 0.3) is 0 Å². The van der Waals surface area contributed by atoms with Crippen molar-refractivity contribution in [2.24, 2.45) is 23.7 Å². The summed E-state index contributed by atoms with van der Waals surface area (Å²) in [5.74, 6) is 2.51. The molecule has 0 aromatic carbocycles. The van der Waals surface area contributed by atoms with Crippen LogP contribution in [0.1, 0.15) is 39.5 Å². The van der Waals surface area contributed by atoms with Gasteiger partial charge in [-0.15, -0.1) is 0 Å². The molecule has 15 heavy (non-hydrogen) atoms. The van der Waals surface area contributed by atoms with Gasteiger partial charge in [-0.3, -0.25) is 0 Å². The van der Waals surface area contributed by atoms with Crippen LogP contribution in [0.15, 0.2) is 0 Å². The monoisotopic (exact) mass is 212 g/mol. The number of ether oxygens (including phenoxy) is 1. The van der Waals surface area contributed by atoms with E-state index in [-0.39, 0.29) is 6.10 Å². The van der Waals surface area contributed by atoms with Crippen molar-refractivity contribution in [3.63, 3.8) is 0 Å². The van der Waals surface area contributed by atoms with Crippen LogP contribution in [-0.4, -0.2) is 24.4 Å². The molecule has 1 aliphatic carbocycles. The van der Waals surface area contributed by atoms with E-state index in [1.165, 1.54) is 19.3 Å². The van der Waals surface area contributed by atoms with Gasteiger partial charge in [-0.1, -0.05) is 13.8 Å². The lowest BCUT2D eigenvalue weighted by Gasteiger charge is -2.36. The summed E-state index contributed by atoms with van der Waals surface area (Å²) >= 11 is 0. The molecular formula is C13H24O2. The standard InChI is InChI=1S/C13H24O2/c1-9-5-10(2)7-12(6-9)13(14)11-3-4-15-8-11/h9-14H,3-8H2,1-2H3. The average Bonchev–Trinajstić information content (AvgIpc) is 2.67. The van der Waals surface area contributed by atoms with Gasteiger partial charge in [0.2, 0.25) is 0 Å². The zero-order valence-electron chi connectivity index (χ0n) is 9.98. The Morgan fingerprint density at radius 2 is 1.73 bits per heavy atom. The maximum Gasteiger partial charge on any atom is 0.0619 e. The summed E-state index contributed by atoms with van der Waals surface area (Å²) in [6.07, 6.45) is 4.70. The lowest BCUT2D eigenvalue weighted by Crippen LogP contribution is -2.34. The summed E-state index contributed by atoms with van der Waals surface area (Å²) in [6, 6.07) is 0. The smallest absolute Gasteiger partial charge is 0.0619 e. The second-order valence-electron chi connectivity index (χ2n) is 5.79. The molecule has 1 aliphatic heterocycles. The predicted octanol–water partition coefficient (Wildman–Crippen LogP) is 2.46. The second-order valence-corrected chi connectivity index (χ2v) is 5.79. The summed E-state index contributed by atoms with van der Waals surface area (Å²) in [6.45, 7) is 6.26. The minimum atomic E-state index is -0.113. The van der Waals surface area contributed by atoms with Crippen molar-refractivity contribution in [3.8, 4) is 0 Å². The highest BCUT2D eigenvalue weighted by atomic mass is 16.5. The highest BCUT2D eigenvalue weighted by Gasteiger charge is 2.34. The first-order valence-electron chi connectivity index (χ1n) is 6.42. The molecule has 1 saturated carbocycles. The lowest BCUT2D eigenvalue weighted by atomic mass is 9.72. The number of hydrogen-bond acceptors (Lipinski definition) is 2. The Kier molecular flexibility index (Phi) is 3.68. The van der Waals surface area contributed by atoms with E-state index in [0.717, 1.165) is 31.5 Å². The van der Waals surface area contributed by atoms with E-state index in [0.29, 0.717) is 11.8 Å². The Balaban J connectivity index is 1.90. The van der Waals surface area contributed by atoms with Gasteiger partial charge in [0.1, 0.15) is 0 Å². The van der Waals surface area contributed by atoms with E-state index in [1.54, 1.807) is 0 Å². The first-order chi connectivity index (χ1) is 7.16. The lowest BCUT2D eigenvalue weighted by molar-refractivity contribution is 0.00929. The molecule has 1 N–H and O–H groups in total. The maximum absolute atomic E-state index is 10.3. The molecule has 1 saturated heterocycles. The molecule has 2 nitrogen and oxygen atoms in total. The SMILES string of the molecule is CC1CC(C)CC(C(O)C2CCOC2)C1. The zero-order valence-corrected chi connectivity index (χ0v) is 9.98. The van der Waals surface area contributed by atoms with E-state index >= 15 is 0 Å². The topological polar surface area (TPSA) is 29.5 Å². The highest BCUT2D eigenvalue weighted by molar-refractivity contribution is 4.84. The summed E-state index contributed by atoms with van der Waals surface area (Å²) in [7, 11) is 0. The van der Waals surface area contributed by atoms with Crippen molar-refractivity contribution in [2.45, 2.75) is 45.6 Å². The third-order valence-electron chi connectivity index (χ3n) is 4.15. The third kappa shape index (κ3) is 2.73. The van der Waals surface area contributed by atoms with Crippen LogP contribution in [0.5, 0.6) is 0 Å². The fourth-order valence-corrected chi connectivity index (χ4v) is 3.50.